The van der Waals surface area contributed by atoms with Crippen molar-refractivity contribution in [3.63, 3.8) is 0 Å². The summed E-state index contributed by atoms with van der Waals surface area (Å²) in [6, 6.07) is 63.6. The third kappa shape index (κ3) is 6.11. The highest BCUT2D eigenvalue weighted by atomic mass is 79.9. The minimum atomic E-state index is 0.609. The summed E-state index contributed by atoms with van der Waals surface area (Å²) in [4.78, 5) is 15.4. The number of nitrogens with zero attached hydrogens (tertiary/aromatic N) is 3. The summed E-state index contributed by atoms with van der Waals surface area (Å²) in [5.74, 6) is 1.85. The van der Waals surface area contributed by atoms with Crippen molar-refractivity contribution in [3.8, 4) is 67.5 Å². The van der Waals surface area contributed by atoms with Gasteiger partial charge in [-0.15, -0.1) is 0 Å². The highest BCUT2D eigenvalue weighted by Gasteiger charge is 2.16. The summed E-state index contributed by atoms with van der Waals surface area (Å²) < 4.78 is 0.952. The Bertz CT molecular complexity index is 2600. The Morgan fingerprint density at radius 1 is 0.294 bits per heavy atom. The van der Waals surface area contributed by atoms with Crippen molar-refractivity contribution in [3.05, 3.63) is 186 Å². The van der Waals surface area contributed by atoms with E-state index in [2.05, 4.69) is 186 Å². The molecule has 0 unspecified atom stereocenters. The summed E-state index contributed by atoms with van der Waals surface area (Å²) in [6.45, 7) is 0. The molecule has 0 aliphatic heterocycles. The summed E-state index contributed by atoms with van der Waals surface area (Å²) in [5.41, 5.74) is 9.50. The Morgan fingerprint density at radius 2 is 0.725 bits per heavy atom. The first-order chi connectivity index (χ1) is 25.2. The molecule has 0 saturated carbocycles. The molecule has 3 nitrogen and oxygen atoms in total. The standard InChI is InChI=1S/C47H30BrN3/c48-40-28-38(44-30-35-17-7-8-22-41(35)42-23-9-10-24-43(42)44)27-39(29-40)47-50-45(36-20-11-18-33(25-36)31-13-3-1-4-14-31)49-46(51-47)37-21-12-19-34(26-37)32-15-5-2-6-16-32/h1-30H. The molecule has 240 valence electrons. The highest BCUT2D eigenvalue weighted by Crippen LogP contribution is 2.38. The van der Waals surface area contributed by atoms with Crippen LogP contribution in [0.25, 0.3) is 89.1 Å². The highest BCUT2D eigenvalue weighted by molar-refractivity contribution is 9.10. The molecule has 4 heteroatoms. The molecule has 0 spiro atoms. The SMILES string of the molecule is Brc1cc(-c2nc(-c3cccc(-c4ccccc4)c3)nc(-c3cccc(-c4ccccc4)c3)n2)cc(-c2cc3ccccc3c3ccccc23)c1. The van der Waals surface area contributed by atoms with Crippen molar-refractivity contribution >= 4 is 37.5 Å². The molecule has 0 bridgehead atoms. The van der Waals surface area contributed by atoms with Crippen LogP contribution in [-0.4, -0.2) is 15.0 Å². The Morgan fingerprint density at radius 3 is 1.33 bits per heavy atom. The van der Waals surface area contributed by atoms with Crippen LogP contribution in [-0.2, 0) is 0 Å². The fourth-order valence-electron chi connectivity index (χ4n) is 6.87. The molecule has 0 amide bonds. The first-order valence-corrected chi connectivity index (χ1v) is 17.8. The van der Waals surface area contributed by atoms with E-state index in [1.54, 1.807) is 0 Å². The molecular weight excluding hydrogens is 686 g/mol. The lowest BCUT2D eigenvalue weighted by atomic mass is 9.92. The van der Waals surface area contributed by atoms with E-state index < -0.39 is 0 Å². The van der Waals surface area contributed by atoms with E-state index in [1.807, 2.05) is 12.1 Å². The fourth-order valence-corrected chi connectivity index (χ4v) is 7.36. The zero-order valence-electron chi connectivity index (χ0n) is 27.5. The predicted molar refractivity (Wildman–Crippen MR) is 215 cm³/mol. The Labute approximate surface area is 305 Å². The van der Waals surface area contributed by atoms with Gasteiger partial charge in [0.1, 0.15) is 0 Å². The Hall–Kier alpha value is -6.23. The number of fused-ring (bicyclic) bond motifs is 3. The molecule has 0 atom stereocenters. The molecule has 8 aromatic carbocycles. The second kappa shape index (κ2) is 13.2. The minimum Gasteiger partial charge on any atom is -0.208 e. The first-order valence-electron chi connectivity index (χ1n) is 17.0. The van der Waals surface area contributed by atoms with Gasteiger partial charge in [-0.1, -0.05) is 162 Å². The maximum Gasteiger partial charge on any atom is 0.164 e. The fraction of sp³-hybridized carbons (Fsp3) is 0. The van der Waals surface area contributed by atoms with Crippen LogP contribution in [0.1, 0.15) is 0 Å². The van der Waals surface area contributed by atoms with Crippen molar-refractivity contribution in [2.24, 2.45) is 0 Å². The van der Waals surface area contributed by atoms with Gasteiger partial charge in [-0.25, -0.2) is 15.0 Å². The van der Waals surface area contributed by atoms with Crippen molar-refractivity contribution < 1.29 is 0 Å². The normalized spacial score (nSPS) is 11.2. The van der Waals surface area contributed by atoms with Crippen LogP contribution >= 0.6 is 15.9 Å². The van der Waals surface area contributed by atoms with E-state index in [0.29, 0.717) is 17.5 Å². The lowest BCUT2D eigenvalue weighted by Crippen LogP contribution is -2.01. The maximum absolute atomic E-state index is 5.16. The molecule has 0 aliphatic rings. The summed E-state index contributed by atoms with van der Waals surface area (Å²) in [5, 5.41) is 4.88. The topological polar surface area (TPSA) is 38.7 Å². The predicted octanol–water partition coefficient (Wildman–Crippen LogP) is 12.9. The van der Waals surface area contributed by atoms with E-state index in [9.17, 15) is 0 Å². The zero-order valence-corrected chi connectivity index (χ0v) is 29.1. The van der Waals surface area contributed by atoms with Crippen molar-refractivity contribution in [2.45, 2.75) is 0 Å². The molecule has 0 N–H and O–H groups in total. The smallest absolute Gasteiger partial charge is 0.164 e. The third-order valence-corrected chi connectivity index (χ3v) is 9.78. The Kier molecular flexibility index (Phi) is 8.00. The molecule has 9 rings (SSSR count). The van der Waals surface area contributed by atoms with E-state index in [-0.39, 0.29) is 0 Å². The van der Waals surface area contributed by atoms with Gasteiger partial charge in [0.05, 0.1) is 0 Å². The minimum absolute atomic E-state index is 0.609. The third-order valence-electron chi connectivity index (χ3n) is 9.33. The van der Waals surface area contributed by atoms with Gasteiger partial charge in [0, 0.05) is 21.2 Å². The van der Waals surface area contributed by atoms with Gasteiger partial charge in [-0.05, 0) is 91.3 Å². The molecular formula is C47H30BrN3. The second-order valence-corrected chi connectivity index (χ2v) is 13.5. The van der Waals surface area contributed by atoms with Gasteiger partial charge in [-0.3, -0.25) is 0 Å². The molecule has 0 aliphatic carbocycles. The van der Waals surface area contributed by atoms with Gasteiger partial charge < -0.3 is 0 Å². The van der Waals surface area contributed by atoms with Crippen molar-refractivity contribution in [1.29, 1.82) is 0 Å². The lowest BCUT2D eigenvalue weighted by Gasteiger charge is -2.14. The number of aromatic nitrogens is 3. The van der Waals surface area contributed by atoms with Crippen LogP contribution in [0.15, 0.2) is 186 Å². The largest absolute Gasteiger partial charge is 0.208 e. The zero-order chi connectivity index (χ0) is 34.1. The monoisotopic (exact) mass is 715 g/mol. The van der Waals surface area contributed by atoms with Gasteiger partial charge in [0.2, 0.25) is 0 Å². The summed E-state index contributed by atoms with van der Waals surface area (Å²) in [7, 11) is 0. The molecule has 1 aromatic heterocycles. The van der Waals surface area contributed by atoms with Gasteiger partial charge in [-0.2, -0.15) is 0 Å². The molecule has 0 fully saturated rings. The molecule has 9 aromatic rings. The van der Waals surface area contributed by atoms with E-state index in [0.717, 1.165) is 54.5 Å². The van der Waals surface area contributed by atoms with E-state index >= 15 is 0 Å². The van der Waals surface area contributed by atoms with Crippen LogP contribution in [0, 0.1) is 0 Å². The van der Waals surface area contributed by atoms with Gasteiger partial charge >= 0.3 is 0 Å². The van der Waals surface area contributed by atoms with Crippen LogP contribution in [0.5, 0.6) is 0 Å². The van der Waals surface area contributed by atoms with Gasteiger partial charge in [0.15, 0.2) is 17.5 Å². The number of hydrogen-bond donors (Lipinski definition) is 0. The Balaban J connectivity index is 1.23. The van der Waals surface area contributed by atoms with Crippen LogP contribution in [0.2, 0.25) is 0 Å². The second-order valence-electron chi connectivity index (χ2n) is 12.6. The molecule has 1 heterocycles. The number of benzene rings is 8. The molecule has 0 saturated heterocycles. The maximum atomic E-state index is 5.16. The number of rotatable bonds is 6. The quantitative estimate of drug-likeness (QED) is 0.161. The number of hydrogen-bond acceptors (Lipinski definition) is 3. The summed E-state index contributed by atoms with van der Waals surface area (Å²) >= 11 is 3.85. The van der Waals surface area contributed by atoms with Gasteiger partial charge in [0.25, 0.3) is 0 Å². The molecule has 51 heavy (non-hydrogen) atoms. The average molecular weight is 717 g/mol. The van der Waals surface area contributed by atoms with Crippen LogP contribution in [0.3, 0.4) is 0 Å². The first kappa shape index (κ1) is 30.8. The van der Waals surface area contributed by atoms with Crippen molar-refractivity contribution in [1.82, 2.24) is 15.0 Å². The van der Waals surface area contributed by atoms with Crippen LogP contribution in [0.4, 0.5) is 0 Å². The van der Waals surface area contributed by atoms with E-state index in [1.165, 1.54) is 21.5 Å². The number of halogens is 1. The summed E-state index contributed by atoms with van der Waals surface area (Å²) in [6.07, 6.45) is 0. The van der Waals surface area contributed by atoms with E-state index in [4.69, 9.17) is 15.0 Å². The molecule has 0 radical (unpaired) electrons. The average Bonchev–Trinajstić information content (AvgIpc) is 3.21. The van der Waals surface area contributed by atoms with Crippen molar-refractivity contribution in [2.75, 3.05) is 0 Å². The lowest BCUT2D eigenvalue weighted by molar-refractivity contribution is 1.07. The van der Waals surface area contributed by atoms with Crippen LogP contribution < -0.4 is 0 Å².